The van der Waals surface area contributed by atoms with E-state index in [1.807, 2.05) is 0 Å². The minimum Gasteiger partial charge on any atom is -0.355 e. The van der Waals surface area contributed by atoms with Crippen LogP contribution >= 0.6 is 0 Å². The van der Waals surface area contributed by atoms with Crippen LogP contribution in [0.5, 0.6) is 0 Å². The van der Waals surface area contributed by atoms with Gasteiger partial charge >= 0.3 is 0 Å². The van der Waals surface area contributed by atoms with E-state index in [4.69, 9.17) is 9.47 Å². The minimum atomic E-state index is 0.437. The normalized spacial score (nSPS) is 11.0. The maximum Gasteiger partial charge on any atom is 0.146 e. The van der Waals surface area contributed by atoms with Gasteiger partial charge in [-0.3, -0.25) is 0 Å². The first-order valence-electron chi connectivity index (χ1n) is 7.86. The first-order chi connectivity index (χ1) is 8.91. The Morgan fingerprint density at radius 1 is 0.667 bits per heavy atom. The third kappa shape index (κ3) is 15.9. The molecule has 0 heterocycles. The molecule has 0 atom stereocenters. The van der Waals surface area contributed by atoms with E-state index >= 15 is 0 Å². The standard InChI is InChI=1S/C16H33O2/c1-3-5-6-7-8-9-10-11-12-13-15-18-16-17-14-4-2/h2-16H2,1H3. The number of rotatable bonds is 15. The van der Waals surface area contributed by atoms with Crippen molar-refractivity contribution in [3.8, 4) is 0 Å². The highest BCUT2D eigenvalue weighted by Crippen LogP contribution is 2.10. The minimum absolute atomic E-state index is 0.437. The third-order valence-corrected chi connectivity index (χ3v) is 3.10. The molecule has 109 valence electrons. The topological polar surface area (TPSA) is 18.5 Å². The fourth-order valence-corrected chi connectivity index (χ4v) is 1.97. The molecule has 0 aromatic rings. The molecule has 0 N–H and O–H groups in total. The molecular formula is C16H33O2. The quantitative estimate of drug-likeness (QED) is 0.299. The summed E-state index contributed by atoms with van der Waals surface area (Å²) in [6, 6.07) is 0. The third-order valence-electron chi connectivity index (χ3n) is 3.10. The molecule has 18 heavy (non-hydrogen) atoms. The fraction of sp³-hybridized carbons (Fsp3) is 0.938. The Balaban J connectivity index is 2.86. The molecule has 2 heteroatoms. The van der Waals surface area contributed by atoms with Crippen molar-refractivity contribution in [2.75, 3.05) is 20.0 Å². The lowest BCUT2D eigenvalue weighted by molar-refractivity contribution is -0.0532. The summed E-state index contributed by atoms with van der Waals surface area (Å²) >= 11 is 0. The molecule has 0 spiro atoms. The van der Waals surface area contributed by atoms with Gasteiger partial charge in [-0.15, -0.1) is 0 Å². The summed E-state index contributed by atoms with van der Waals surface area (Å²) in [5, 5.41) is 0. The Kier molecular flexibility index (Phi) is 16.8. The van der Waals surface area contributed by atoms with Gasteiger partial charge in [0.05, 0.1) is 0 Å². The van der Waals surface area contributed by atoms with Crippen molar-refractivity contribution in [1.29, 1.82) is 0 Å². The molecule has 1 radical (unpaired) electrons. The van der Waals surface area contributed by atoms with Crippen LogP contribution in [-0.4, -0.2) is 20.0 Å². The molecule has 0 unspecified atom stereocenters. The second-order valence-corrected chi connectivity index (χ2v) is 4.97. The van der Waals surface area contributed by atoms with Gasteiger partial charge in [-0.2, -0.15) is 0 Å². The van der Waals surface area contributed by atoms with E-state index in [-0.39, 0.29) is 0 Å². The molecule has 0 aromatic heterocycles. The molecule has 0 rings (SSSR count). The van der Waals surface area contributed by atoms with Crippen LogP contribution in [0.4, 0.5) is 0 Å². The maximum atomic E-state index is 5.36. The van der Waals surface area contributed by atoms with Gasteiger partial charge in [-0.1, -0.05) is 71.6 Å². The zero-order valence-electron chi connectivity index (χ0n) is 12.4. The van der Waals surface area contributed by atoms with E-state index in [1.54, 1.807) is 0 Å². The predicted molar refractivity (Wildman–Crippen MR) is 78.6 cm³/mol. The van der Waals surface area contributed by atoms with Gasteiger partial charge in [0.1, 0.15) is 6.79 Å². The van der Waals surface area contributed by atoms with Crippen LogP contribution < -0.4 is 0 Å². The monoisotopic (exact) mass is 257 g/mol. The Labute approximate surface area is 114 Å². The Morgan fingerprint density at radius 2 is 1.17 bits per heavy atom. The largest absolute Gasteiger partial charge is 0.355 e. The van der Waals surface area contributed by atoms with Gasteiger partial charge in [0.15, 0.2) is 0 Å². The van der Waals surface area contributed by atoms with Crippen LogP contribution in [0.1, 0.15) is 77.6 Å². The number of hydrogen-bond acceptors (Lipinski definition) is 2. The van der Waals surface area contributed by atoms with E-state index in [0.717, 1.165) is 13.0 Å². The lowest BCUT2D eigenvalue weighted by atomic mass is 10.1. The lowest BCUT2D eigenvalue weighted by Crippen LogP contribution is -2.02. The number of hydrogen-bond donors (Lipinski definition) is 0. The summed E-state index contributed by atoms with van der Waals surface area (Å²) in [7, 11) is 0. The summed E-state index contributed by atoms with van der Waals surface area (Å²) < 4.78 is 10.5. The Morgan fingerprint density at radius 3 is 1.72 bits per heavy atom. The summed E-state index contributed by atoms with van der Waals surface area (Å²) in [5.74, 6) is 0. The van der Waals surface area contributed by atoms with E-state index < -0.39 is 0 Å². The zero-order chi connectivity index (χ0) is 13.3. The first kappa shape index (κ1) is 17.9. The molecule has 2 nitrogen and oxygen atoms in total. The lowest BCUT2D eigenvalue weighted by Gasteiger charge is -2.05. The second kappa shape index (κ2) is 16.9. The highest BCUT2D eigenvalue weighted by Gasteiger charge is 1.93. The van der Waals surface area contributed by atoms with E-state index in [2.05, 4.69) is 13.8 Å². The smallest absolute Gasteiger partial charge is 0.146 e. The molecule has 0 fully saturated rings. The van der Waals surface area contributed by atoms with Crippen molar-refractivity contribution < 1.29 is 9.47 Å². The van der Waals surface area contributed by atoms with Gasteiger partial charge in [0.2, 0.25) is 0 Å². The highest BCUT2D eigenvalue weighted by atomic mass is 16.7. The first-order valence-corrected chi connectivity index (χ1v) is 7.86. The summed E-state index contributed by atoms with van der Waals surface area (Å²) in [6.45, 7) is 7.96. The van der Waals surface area contributed by atoms with Crippen LogP contribution in [0.2, 0.25) is 0 Å². The van der Waals surface area contributed by atoms with Crippen molar-refractivity contribution in [3.63, 3.8) is 0 Å². The van der Waals surface area contributed by atoms with Gasteiger partial charge < -0.3 is 9.47 Å². The number of ether oxygens (including phenoxy) is 2. The van der Waals surface area contributed by atoms with Crippen LogP contribution in [0.25, 0.3) is 0 Å². The summed E-state index contributed by atoms with van der Waals surface area (Å²) in [5.41, 5.74) is 0. The van der Waals surface area contributed by atoms with E-state index in [1.165, 1.54) is 64.2 Å². The highest BCUT2D eigenvalue weighted by molar-refractivity contribution is 4.47. The molecule has 0 aliphatic rings. The SMILES string of the molecule is [CH2]CCOCOCCCCCCCCCCCC. The van der Waals surface area contributed by atoms with Crippen LogP contribution in [-0.2, 0) is 9.47 Å². The zero-order valence-corrected chi connectivity index (χ0v) is 12.4. The average molecular weight is 257 g/mol. The average Bonchev–Trinajstić information content (AvgIpc) is 2.39. The van der Waals surface area contributed by atoms with Crippen molar-refractivity contribution in [2.45, 2.75) is 77.6 Å². The molecule has 0 aliphatic heterocycles. The summed E-state index contributed by atoms with van der Waals surface area (Å²) in [4.78, 5) is 0. The van der Waals surface area contributed by atoms with Gasteiger partial charge in [-0.05, 0) is 12.8 Å². The van der Waals surface area contributed by atoms with E-state index in [9.17, 15) is 0 Å². The van der Waals surface area contributed by atoms with Crippen LogP contribution in [0.15, 0.2) is 0 Å². The van der Waals surface area contributed by atoms with Crippen molar-refractivity contribution in [3.05, 3.63) is 6.92 Å². The van der Waals surface area contributed by atoms with Gasteiger partial charge in [0.25, 0.3) is 0 Å². The molecule has 0 aromatic carbocycles. The van der Waals surface area contributed by atoms with Crippen molar-refractivity contribution in [1.82, 2.24) is 0 Å². The van der Waals surface area contributed by atoms with Crippen molar-refractivity contribution in [2.24, 2.45) is 0 Å². The fourth-order valence-electron chi connectivity index (χ4n) is 1.97. The Hall–Kier alpha value is -0.0800. The van der Waals surface area contributed by atoms with Crippen molar-refractivity contribution >= 4 is 0 Å². The summed E-state index contributed by atoms with van der Waals surface area (Å²) in [6.07, 6.45) is 14.5. The number of unbranched alkanes of at least 4 members (excludes halogenated alkanes) is 9. The molecular weight excluding hydrogens is 224 g/mol. The molecule has 0 saturated heterocycles. The van der Waals surface area contributed by atoms with E-state index in [0.29, 0.717) is 13.4 Å². The Bertz CT molecular complexity index is 121. The maximum absolute atomic E-state index is 5.36. The van der Waals surface area contributed by atoms with Gasteiger partial charge in [-0.25, -0.2) is 0 Å². The predicted octanol–water partition coefficient (Wildman–Crippen LogP) is 5.12. The molecule has 0 saturated carbocycles. The van der Waals surface area contributed by atoms with Crippen LogP contribution in [0.3, 0.4) is 0 Å². The molecule has 0 amide bonds. The molecule has 0 aliphatic carbocycles. The molecule has 0 bridgehead atoms. The second-order valence-electron chi connectivity index (χ2n) is 4.97. The van der Waals surface area contributed by atoms with Gasteiger partial charge in [0, 0.05) is 13.2 Å². The van der Waals surface area contributed by atoms with Crippen LogP contribution in [0, 0.1) is 6.92 Å².